The van der Waals surface area contributed by atoms with Gasteiger partial charge in [0, 0.05) is 17.8 Å². The van der Waals surface area contributed by atoms with Crippen LogP contribution >= 0.6 is 11.6 Å². The molecular weight excluding hydrogens is 340 g/mol. The molecule has 0 saturated heterocycles. The normalized spacial score (nSPS) is 11.1. The lowest BCUT2D eigenvalue weighted by Crippen LogP contribution is -1.99. The molecule has 0 atom stereocenters. The number of furan rings is 1. The summed E-state index contributed by atoms with van der Waals surface area (Å²) >= 11 is 5.91. The van der Waals surface area contributed by atoms with Crippen LogP contribution in [0.15, 0.2) is 59.2 Å². The van der Waals surface area contributed by atoms with Crippen LogP contribution in [0, 0.1) is 0 Å². The van der Waals surface area contributed by atoms with Gasteiger partial charge in [-0.1, -0.05) is 17.7 Å². The van der Waals surface area contributed by atoms with Gasteiger partial charge in [0.05, 0.1) is 0 Å². The molecule has 0 unspecified atom stereocenters. The number of ketones is 1. The fourth-order valence-electron chi connectivity index (χ4n) is 2.19. The Morgan fingerprint density at radius 2 is 2.20 bits per heavy atom. The summed E-state index contributed by atoms with van der Waals surface area (Å²) in [6.45, 7) is 2.97. The molecule has 0 spiro atoms. The fourth-order valence-corrected chi connectivity index (χ4v) is 2.37. The lowest BCUT2D eigenvalue weighted by atomic mass is 10.2. The van der Waals surface area contributed by atoms with Crippen LogP contribution in [-0.2, 0) is 13.2 Å². The predicted octanol–water partition coefficient (Wildman–Crippen LogP) is 4.62. The Morgan fingerprint density at radius 3 is 2.96 bits per heavy atom. The summed E-state index contributed by atoms with van der Waals surface area (Å²) in [4.78, 5) is 12.1. The molecule has 0 aliphatic carbocycles. The molecule has 3 aromatic rings. The van der Waals surface area contributed by atoms with E-state index in [0.29, 0.717) is 28.0 Å². The van der Waals surface area contributed by atoms with E-state index >= 15 is 0 Å². The third-order valence-corrected chi connectivity index (χ3v) is 3.71. The molecule has 2 aromatic heterocycles. The Balaban J connectivity index is 1.58. The molecule has 2 heterocycles. The van der Waals surface area contributed by atoms with Crippen LogP contribution in [-0.4, -0.2) is 15.6 Å². The SMILES string of the molecule is CCn1ccc(C(=O)C=Cc2ccc(COc3cccc(Cl)c3)o2)n1. The second-order valence-corrected chi connectivity index (χ2v) is 5.74. The first kappa shape index (κ1) is 17.0. The number of hydrogen-bond acceptors (Lipinski definition) is 4. The summed E-state index contributed by atoms with van der Waals surface area (Å²) in [5.74, 6) is 1.73. The number of aryl methyl sites for hydroxylation is 1. The molecule has 0 amide bonds. The van der Waals surface area contributed by atoms with Gasteiger partial charge >= 0.3 is 0 Å². The van der Waals surface area contributed by atoms with Crippen LogP contribution in [0.2, 0.25) is 5.02 Å². The van der Waals surface area contributed by atoms with Crippen molar-refractivity contribution in [1.29, 1.82) is 0 Å². The van der Waals surface area contributed by atoms with Gasteiger partial charge in [-0.3, -0.25) is 9.48 Å². The van der Waals surface area contributed by atoms with E-state index in [-0.39, 0.29) is 12.4 Å². The van der Waals surface area contributed by atoms with Crippen molar-refractivity contribution in [3.05, 3.63) is 77.0 Å². The Labute approximate surface area is 150 Å². The van der Waals surface area contributed by atoms with Crippen molar-refractivity contribution in [2.75, 3.05) is 0 Å². The van der Waals surface area contributed by atoms with Crippen LogP contribution in [0.4, 0.5) is 0 Å². The number of rotatable bonds is 7. The molecule has 0 saturated carbocycles. The second kappa shape index (κ2) is 7.85. The number of carbonyl (C=O) groups excluding carboxylic acids is 1. The van der Waals surface area contributed by atoms with Crippen LogP contribution in [0.5, 0.6) is 5.75 Å². The van der Waals surface area contributed by atoms with E-state index in [1.165, 1.54) is 6.08 Å². The van der Waals surface area contributed by atoms with Crippen molar-refractivity contribution in [2.24, 2.45) is 0 Å². The predicted molar refractivity (Wildman–Crippen MR) is 95.8 cm³/mol. The number of ether oxygens (including phenoxy) is 1. The van der Waals surface area contributed by atoms with Gasteiger partial charge in [-0.15, -0.1) is 0 Å². The van der Waals surface area contributed by atoms with Crippen molar-refractivity contribution >= 4 is 23.5 Å². The molecule has 0 N–H and O–H groups in total. The average molecular weight is 357 g/mol. The molecular formula is C19H17ClN2O3. The highest BCUT2D eigenvalue weighted by Crippen LogP contribution is 2.19. The molecule has 1 aromatic carbocycles. The summed E-state index contributed by atoms with van der Waals surface area (Å²) in [6, 6.07) is 12.4. The zero-order chi connectivity index (χ0) is 17.6. The van der Waals surface area contributed by atoms with Gasteiger partial charge in [0.1, 0.15) is 29.6 Å². The minimum absolute atomic E-state index is 0.166. The standard InChI is InChI=1S/C19H17ClN2O3/c1-2-22-11-10-18(21-22)19(23)9-8-15-6-7-17(25-15)13-24-16-5-3-4-14(20)12-16/h3-12H,2,13H2,1H3. The first-order valence-electron chi connectivity index (χ1n) is 7.87. The van der Waals surface area contributed by atoms with Gasteiger partial charge in [-0.25, -0.2) is 0 Å². The molecule has 3 rings (SSSR count). The zero-order valence-corrected chi connectivity index (χ0v) is 14.4. The van der Waals surface area contributed by atoms with E-state index in [1.54, 1.807) is 47.3 Å². The van der Waals surface area contributed by atoms with Gasteiger partial charge in [-0.05, 0) is 55.5 Å². The molecule has 0 bridgehead atoms. The van der Waals surface area contributed by atoms with Gasteiger partial charge in [0.2, 0.25) is 5.78 Å². The third kappa shape index (κ3) is 4.61. The highest BCUT2D eigenvalue weighted by atomic mass is 35.5. The highest BCUT2D eigenvalue weighted by Gasteiger charge is 2.06. The molecule has 5 nitrogen and oxygen atoms in total. The Bertz CT molecular complexity index is 895. The summed E-state index contributed by atoms with van der Waals surface area (Å²) in [6.07, 6.45) is 4.85. The van der Waals surface area contributed by atoms with E-state index < -0.39 is 0 Å². The number of hydrogen-bond donors (Lipinski definition) is 0. The Morgan fingerprint density at radius 1 is 1.32 bits per heavy atom. The monoisotopic (exact) mass is 356 g/mol. The van der Waals surface area contributed by atoms with Gasteiger partial charge in [0.15, 0.2) is 0 Å². The molecule has 128 valence electrons. The summed E-state index contributed by atoms with van der Waals surface area (Å²) in [5, 5.41) is 4.79. The van der Waals surface area contributed by atoms with Crippen LogP contribution in [0.1, 0.15) is 28.9 Å². The van der Waals surface area contributed by atoms with Crippen molar-refractivity contribution in [1.82, 2.24) is 9.78 Å². The quantitative estimate of drug-likeness (QED) is 0.457. The number of aromatic nitrogens is 2. The van der Waals surface area contributed by atoms with Crippen molar-refractivity contribution < 1.29 is 13.9 Å². The molecule has 0 radical (unpaired) electrons. The Hall–Kier alpha value is -2.79. The van der Waals surface area contributed by atoms with E-state index in [2.05, 4.69) is 5.10 Å². The van der Waals surface area contributed by atoms with Crippen LogP contribution in [0.25, 0.3) is 6.08 Å². The van der Waals surface area contributed by atoms with Gasteiger partial charge in [-0.2, -0.15) is 5.10 Å². The molecule has 0 aliphatic heterocycles. The van der Waals surface area contributed by atoms with E-state index in [0.717, 1.165) is 6.54 Å². The van der Waals surface area contributed by atoms with Crippen molar-refractivity contribution in [2.45, 2.75) is 20.1 Å². The number of carbonyl (C=O) groups is 1. The van der Waals surface area contributed by atoms with Crippen molar-refractivity contribution in [3.8, 4) is 5.75 Å². The number of halogens is 1. The van der Waals surface area contributed by atoms with Gasteiger partial charge in [0.25, 0.3) is 0 Å². The van der Waals surface area contributed by atoms with E-state index in [1.807, 2.05) is 19.1 Å². The lowest BCUT2D eigenvalue weighted by Gasteiger charge is -2.03. The van der Waals surface area contributed by atoms with E-state index in [9.17, 15) is 4.79 Å². The second-order valence-electron chi connectivity index (χ2n) is 5.30. The number of allylic oxidation sites excluding steroid dienone is 1. The first-order valence-corrected chi connectivity index (χ1v) is 8.25. The highest BCUT2D eigenvalue weighted by molar-refractivity contribution is 6.30. The summed E-state index contributed by atoms with van der Waals surface area (Å²) < 4.78 is 12.9. The maximum absolute atomic E-state index is 12.1. The molecule has 0 aliphatic rings. The summed E-state index contributed by atoms with van der Waals surface area (Å²) in [5.41, 5.74) is 0.411. The first-order chi connectivity index (χ1) is 12.1. The minimum Gasteiger partial charge on any atom is -0.486 e. The van der Waals surface area contributed by atoms with E-state index in [4.69, 9.17) is 20.8 Å². The topological polar surface area (TPSA) is 57.3 Å². The Kier molecular flexibility index (Phi) is 5.36. The fraction of sp³-hybridized carbons (Fsp3) is 0.158. The molecule has 0 fully saturated rings. The minimum atomic E-state index is -0.166. The molecule has 25 heavy (non-hydrogen) atoms. The number of benzene rings is 1. The third-order valence-electron chi connectivity index (χ3n) is 3.48. The smallest absolute Gasteiger partial charge is 0.206 e. The lowest BCUT2D eigenvalue weighted by molar-refractivity contribution is 0.104. The average Bonchev–Trinajstić information content (AvgIpc) is 3.27. The maximum atomic E-state index is 12.1. The van der Waals surface area contributed by atoms with Gasteiger partial charge < -0.3 is 9.15 Å². The number of nitrogens with zero attached hydrogens (tertiary/aromatic N) is 2. The van der Waals surface area contributed by atoms with Crippen molar-refractivity contribution in [3.63, 3.8) is 0 Å². The maximum Gasteiger partial charge on any atom is 0.206 e. The molecule has 6 heteroatoms. The van der Waals surface area contributed by atoms with Crippen LogP contribution in [0.3, 0.4) is 0 Å². The zero-order valence-electron chi connectivity index (χ0n) is 13.7. The summed E-state index contributed by atoms with van der Waals surface area (Å²) in [7, 11) is 0. The largest absolute Gasteiger partial charge is 0.486 e. The van der Waals surface area contributed by atoms with Crippen LogP contribution < -0.4 is 4.74 Å².